The lowest BCUT2D eigenvalue weighted by Crippen LogP contribution is -2.58. The third-order valence-corrected chi connectivity index (χ3v) is 6.19. The number of carbonyl (C=O) groups excluding carboxylic acids is 3. The molecule has 1 fully saturated rings. The number of unbranched alkanes of at least 4 members (excludes halogenated alkanes) is 1. The summed E-state index contributed by atoms with van der Waals surface area (Å²) in [4.78, 5) is 51.7. The van der Waals surface area contributed by atoms with E-state index in [1.165, 1.54) is 4.90 Å². The van der Waals surface area contributed by atoms with Crippen molar-refractivity contribution < 1.29 is 24.3 Å². The fourth-order valence-corrected chi connectivity index (χ4v) is 3.79. The quantitative estimate of drug-likeness (QED) is 0.247. The van der Waals surface area contributed by atoms with Crippen LogP contribution in [-0.2, 0) is 19.2 Å². The van der Waals surface area contributed by atoms with Crippen LogP contribution in [0.5, 0.6) is 0 Å². The summed E-state index contributed by atoms with van der Waals surface area (Å²) in [5.41, 5.74) is 11.5. The molecule has 1 heterocycles. The van der Waals surface area contributed by atoms with E-state index in [9.17, 15) is 24.3 Å². The monoisotopic (exact) mass is 455 g/mol. The summed E-state index contributed by atoms with van der Waals surface area (Å²) < 4.78 is 0. The molecule has 5 atom stereocenters. The summed E-state index contributed by atoms with van der Waals surface area (Å²) in [5.74, 6) is -2.64. The van der Waals surface area contributed by atoms with E-state index in [1.807, 2.05) is 13.8 Å². The van der Waals surface area contributed by atoms with Crippen molar-refractivity contribution >= 4 is 23.7 Å². The van der Waals surface area contributed by atoms with Gasteiger partial charge < -0.3 is 32.1 Å². The zero-order valence-electron chi connectivity index (χ0n) is 19.8. The third kappa shape index (κ3) is 7.74. The molecule has 5 unspecified atom stereocenters. The second-order valence-corrected chi connectivity index (χ2v) is 9.02. The van der Waals surface area contributed by atoms with E-state index in [-0.39, 0.29) is 24.2 Å². The van der Waals surface area contributed by atoms with E-state index in [1.54, 1.807) is 13.8 Å². The molecule has 0 aliphatic carbocycles. The molecule has 32 heavy (non-hydrogen) atoms. The SMILES string of the molecule is CCC(C)C(N)C(=O)N1CCCC1C(=O)NC(C(=O)NC(CCCCN)C(=O)O)C(C)C. The molecule has 1 aliphatic heterocycles. The van der Waals surface area contributed by atoms with Crippen LogP contribution in [0.15, 0.2) is 0 Å². The summed E-state index contributed by atoms with van der Waals surface area (Å²) in [7, 11) is 0. The Morgan fingerprint density at radius 1 is 1.12 bits per heavy atom. The van der Waals surface area contributed by atoms with Gasteiger partial charge in [0.2, 0.25) is 17.7 Å². The number of nitrogens with one attached hydrogen (secondary N) is 2. The number of carboxylic acids is 1. The van der Waals surface area contributed by atoms with E-state index in [4.69, 9.17) is 11.5 Å². The van der Waals surface area contributed by atoms with Crippen molar-refractivity contribution in [1.82, 2.24) is 15.5 Å². The lowest BCUT2D eigenvalue weighted by atomic mass is 9.98. The maximum atomic E-state index is 13.0. The number of carboxylic acid groups (broad SMARTS) is 1. The van der Waals surface area contributed by atoms with Gasteiger partial charge >= 0.3 is 5.97 Å². The molecule has 0 bridgehead atoms. The Bertz CT molecular complexity index is 657. The first-order valence-electron chi connectivity index (χ1n) is 11.6. The molecular weight excluding hydrogens is 414 g/mol. The van der Waals surface area contributed by atoms with Gasteiger partial charge in [0.1, 0.15) is 18.1 Å². The van der Waals surface area contributed by atoms with Crippen molar-refractivity contribution in [2.45, 2.75) is 90.4 Å². The van der Waals surface area contributed by atoms with Gasteiger partial charge in [0.25, 0.3) is 0 Å². The van der Waals surface area contributed by atoms with Gasteiger partial charge in [0.05, 0.1) is 6.04 Å². The number of rotatable bonds is 13. The first-order valence-corrected chi connectivity index (χ1v) is 11.6. The maximum absolute atomic E-state index is 13.0. The number of hydrogen-bond acceptors (Lipinski definition) is 6. The summed E-state index contributed by atoms with van der Waals surface area (Å²) in [6.07, 6.45) is 3.42. The van der Waals surface area contributed by atoms with Crippen LogP contribution < -0.4 is 22.1 Å². The van der Waals surface area contributed by atoms with Gasteiger partial charge in [-0.15, -0.1) is 0 Å². The van der Waals surface area contributed by atoms with E-state index >= 15 is 0 Å². The van der Waals surface area contributed by atoms with E-state index in [0.717, 1.165) is 6.42 Å². The summed E-state index contributed by atoms with van der Waals surface area (Å²) >= 11 is 0. The highest BCUT2D eigenvalue weighted by molar-refractivity contribution is 5.94. The van der Waals surface area contributed by atoms with Gasteiger partial charge in [-0.1, -0.05) is 34.1 Å². The molecule has 0 aromatic heterocycles. The number of aliphatic carboxylic acids is 1. The van der Waals surface area contributed by atoms with Gasteiger partial charge in [-0.05, 0) is 50.5 Å². The molecule has 0 saturated carbocycles. The van der Waals surface area contributed by atoms with Crippen LogP contribution in [-0.4, -0.2) is 71.0 Å². The smallest absolute Gasteiger partial charge is 0.326 e. The fraction of sp³-hybridized carbons (Fsp3) is 0.818. The highest BCUT2D eigenvalue weighted by Gasteiger charge is 2.39. The third-order valence-electron chi connectivity index (χ3n) is 6.19. The van der Waals surface area contributed by atoms with Crippen molar-refractivity contribution in [3.63, 3.8) is 0 Å². The molecular formula is C22H41N5O5. The number of carbonyl (C=O) groups is 4. The Balaban J connectivity index is 2.85. The molecule has 184 valence electrons. The minimum absolute atomic E-state index is 0.00627. The molecule has 1 aliphatic rings. The first kappa shape index (κ1) is 27.8. The van der Waals surface area contributed by atoms with Crippen LogP contribution in [0.1, 0.15) is 66.2 Å². The Kier molecular flexibility index (Phi) is 11.6. The second kappa shape index (κ2) is 13.4. The zero-order valence-corrected chi connectivity index (χ0v) is 19.8. The van der Waals surface area contributed by atoms with Crippen molar-refractivity contribution in [1.29, 1.82) is 0 Å². The zero-order chi connectivity index (χ0) is 24.4. The number of hydrogen-bond donors (Lipinski definition) is 5. The van der Waals surface area contributed by atoms with Crippen LogP contribution >= 0.6 is 0 Å². The number of amides is 3. The van der Waals surface area contributed by atoms with Gasteiger partial charge in [0.15, 0.2) is 0 Å². The van der Waals surface area contributed by atoms with Crippen molar-refractivity contribution in [2.24, 2.45) is 23.3 Å². The van der Waals surface area contributed by atoms with Crippen molar-refractivity contribution in [3.8, 4) is 0 Å². The van der Waals surface area contributed by atoms with Gasteiger partial charge in [-0.25, -0.2) is 4.79 Å². The maximum Gasteiger partial charge on any atom is 0.326 e. The summed E-state index contributed by atoms with van der Waals surface area (Å²) in [6, 6.07) is -3.33. The predicted octanol–water partition coefficient (Wildman–Crippen LogP) is 0.190. The van der Waals surface area contributed by atoms with Gasteiger partial charge in [-0.2, -0.15) is 0 Å². The number of likely N-dealkylation sites (tertiary alicyclic amines) is 1. The lowest BCUT2D eigenvalue weighted by Gasteiger charge is -2.31. The van der Waals surface area contributed by atoms with Crippen molar-refractivity contribution in [2.75, 3.05) is 13.1 Å². The minimum Gasteiger partial charge on any atom is -0.480 e. The van der Waals surface area contributed by atoms with Crippen molar-refractivity contribution in [3.05, 3.63) is 0 Å². The molecule has 10 nitrogen and oxygen atoms in total. The average molecular weight is 456 g/mol. The Morgan fingerprint density at radius 3 is 2.31 bits per heavy atom. The van der Waals surface area contributed by atoms with Crippen LogP contribution in [0, 0.1) is 11.8 Å². The molecule has 0 aromatic carbocycles. The fourth-order valence-electron chi connectivity index (χ4n) is 3.79. The Morgan fingerprint density at radius 2 is 1.78 bits per heavy atom. The summed E-state index contributed by atoms with van der Waals surface area (Å²) in [6.45, 7) is 8.29. The molecule has 7 N–H and O–H groups in total. The van der Waals surface area contributed by atoms with E-state index in [2.05, 4.69) is 10.6 Å². The Labute approximate surface area is 190 Å². The average Bonchev–Trinajstić information content (AvgIpc) is 3.24. The largest absolute Gasteiger partial charge is 0.480 e. The highest BCUT2D eigenvalue weighted by atomic mass is 16.4. The topological polar surface area (TPSA) is 168 Å². The van der Waals surface area contributed by atoms with Crippen LogP contribution in [0.25, 0.3) is 0 Å². The second-order valence-electron chi connectivity index (χ2n) is 9.02. The molecule has 0 radical (unpaired) electrons. The van der Waals surface area contributed by atoms with E-state index in [0.29, 0.717) is 38.8 Å². The number of nitrogens with two attached hydrogens (primary N) is 2. The summed E-state index contributed by atoms with van der Waals surface area (Å²) in [5, 5.41) is 14.7. The van der Waals surface area contributed by atoms with Gasteiger partial charge in [-0.3, -0.25) is 14.4 Å². The lowest BCUT2D eigenvalue weighted by molar-refractivity contribution is -0.143. The van der Waals surface area contributed by atoms with Crippen LogP contribution in [0.3, 0.4) is 0 Å². The Hall–Kier alpha value is -2.20. The first-order chi connectivity index (χ1) is 15.0. The molecule has 3 amide bonds. The predicted molar refractivity (Wildman–Crippen MR) is 121 cm³/mol. The number of nitrogens with zero attached hydrogens (tertiary/aromatic N) is 1. The standard InChI is InChI=1S/C22H41N5O5/c1-5-14(4)17(24)21(30)27-12-8-10-16(27)19(28)26-18(13(2)3)20(29)25-15(22(31)32)9-6-7-11-23/h13-18H,5-12,23-24H2,1-4H3,(H,25,29)(H,26,28)(H,31,32). The van der Waals surface area contributed by atoms with Gasteiger partial charge in [0, 0.05) is 6.54 Å². The molecule has 10 heteroatoms. The molecule has 0 spiro atoms. The molecule has 1 saturated heterocycles. The molecule has 0 aromatic rings. The van der Waals surface area contributed by atoms with Crippen LogP contribution in [0.4, 0.5) is 0 Å². The molecule has 1 rings (SSSR count). The van der Waals surface area contributed by atoms with E-state index < -0.39 is 42.0 Å². The normalized spacial score (nSPS) is 19.8. The van der Waals surface area contributed by atoms with Crippen LogP contribution in [0.2, 0.25) is 0 Å². The minimum atomic E-state index is -1.13. The highest BCUT2D eigenvalue weighted by Crippen LogP contribution is 2.21.